The van der Waals surface area contributed by atoms with E-state index in [9.17, 15) is 9.59 Å². The number of anilines is 2. The van der Waals surface area contributed by atoms with Gasteiger partial charge >= 0.3 is 0 Å². The fraction of sp³-hybridized carbons (Fsp3) is 0.368. The maximum absolute atomic E-state index is 12.5. The fourth-order valence-electron chi connectivity index (χ4n) is 3.32. The van der Waals surface area contributed by atoms with E-state index in [1.165, 1.54) is 6.92 Å². The maximum atomic E-state index is 12.5. The van der Waals surface area contributed by atoms with E-state index in [2.05, 4.69) is 25.1 Å². The van der Waals surface area contributed by atoms with Crippen LogP contribution in [0.5, 0.6) is 11.5 Å². The van der Waals surface area contributed by atoms with Crippen molar-refractivity contribution in [2.75, 3.05) is 49.7 Å². The predicted molar refractivity (Wildman–Crippen MR) is 102 cm³/mol. The predicted octanol–water partition coefficient (Wildman–Crippen LogP) is 1.17. The SMILES string of the molecule is CC(=O)c1cc2c(cc1NC(=O)CN1CCN(c3cnccn3)CC1)OCO2. The smallest absolute Gasteiger partial charge is 0.238 e. The molecule has 0 unspecified atom stereocenters. The molecule has 0 bridgehead atoms. The van der Waals surface area contributed by atoms with Crippen molar-refractivity contribution < 1.29 is 19.1 Å². The summed E-state index contributed by atoms with van der Waals surface area (Å²) in [6, 6.07) is 3.25. The highest BCUT2D eigenvalue weighted by Crippen LogP contribution is 2.37. The lowest BCUT2D eigenvalue weighted by Crippen LogP contribution is -2.49. The number of nitrogens with one attached hydrogen (secondary N) is 1. The zero-order valence-electron chi connectivity index (χ0n) is 15.6. The summed E-state index contributed by atoms with van der Waals surface area (Å²) >= 11 is 0. The van der Waals surface area contributed by atoms with Crippen molar-refractivity contribution in [1.82, 2.24) is 14.9 Å². The van der Waals surface area contributed by atoms with Gasteiger partial charge in [0, 0.05) is 50.2 Å². The lowest BCUT2D eigenvalue weighted by atomic mass is 10.1. The van der Waals surface area contributed by atoms with Crippen LogP contribution in [0.15, 0.2) is 30.7 Å². The van der Waals surface area contributed by atoms with Gasteiger partial charge in [-0.25, -0.2) is 4.98 Å². The lowest BCUT2D eigenvalue weighted by molar-refractivity contribution is -0.117. The molecule has 9 heteroatoms. The number of piperazine rings is 1. The van der Waals surface area contributed by atoms with Gasteiger partial charge in [0.15, 0.2) is 17.3 Å². The lowest BCUT2D eigenvalue weighted by Gasteiger charge is -2.34. The number of Topliss-reactive ketones (excluding diaryl/α,β-unsaturated/α-hetero) is 1. The second-order valence-electron chi connectivity index (χ2n) is 6.68. The monoisotopic (exact) mass is 383 g/mol. The van der Waals surface area contributed by atoms with Crippen LogP contribution in [0.4, 0.5) is 11.5 Å². The minimum absolute atomic E-state index is 0.111. The number of hydrogen-bond acceptors (Lipinski definition) is 8. The molecule has 4 rings (SSSR count). The number of hydrogen-bond donors (Lipinski definition) is 1. The van der Waals surface area contributed by atoms with Crippen molar-refractivity contribution >= 4 is 23.2 Å². The first-order valence-corrected chi connectivity index (χ1v) is 9.08. The first-order valence-electron chi connectivity index (χ1n) is 9.08. The zero-order chi connectivity index (χ0) is 19.5. The molecule has 0 atom stereocenters. The number of ether oxygens (including phenoxy) is 2. The molecule has 0 radical (unpaired) electrons. The Hall–Kier alpha value is -3.20. The normalized spacial score (nSPS) is 16.1. The van der Waals surface area contributed by atoms with E-state index in [1.54, 1.807) is 30.7 Å². The summed E-state index contributed by atoms with van der Waals surface area (Å²) in [5.74, 6) is 1.57. The number of carbonyl (C=O) groups is 2. The Morgan fingerprint density at radius 3 is 2.54 bits per heavy atom. The second kappa shape index (κ2) is 7.81. The summed E-state index contributed by atoms with van der Waals surface area (Å²) < 4.78 is 10.7. The number of amides is 1. The molecule has 1 aromatic heterocycles. The summed E-state index contributed by atoms with van der Waals surface area (Å²) in [5.41, 5.74) is 0.852. The van der Waals surface area contributed by atoms with E-state index in [4.69, 9.17) is 9.47 Å². The highest BCUT2D eigenvalue weighted by Gasteiger charge is 2.23. The number of nitrogens with zero attached hydrogens (tertiary/aromatic N) is 4. The van der Waals surface area contributed by atoms with E-state index in [1.807, 2.05) is 0 Å². The van der Waals surface area contributed by atoms with Gasteiger partial charge in [0.1, 0.15) is 5.82 Å². The molecule has 9 nitrogen and oxygen atoms in total. The van der Waals surface area contributed by atoms with Crippen molar-refractivity contribution in [3.63, 3.8) is 0 Å². The van der Waals surface area contributed by atoms with Gasteiger partial charge in [-0.05, 0) is 13.0 Å². The Kier molecular flexibility index (Phi) is 5.07. The Morgan fingerprint density at radius 1 is 1.11 bits per heavy atom. The van der Waals surface area contributed by atoms with Crippen molar-refractivity contribution in [1.29, 1.82) is 0 Å². The summed E-state index contributed by atoms with van der Waals surface area (Å²) in [6.45, 7) is 4.85. The highest BCUT2D eigenvalue weighted by molar-refractivity contribution is 6.05. The number of rotatable bonds is 5. The molecule has 1 amide bonds. The maximum Gasteiger partial charge on any atom is 0.238 e. The van der Waals surface area contributed by atoms with Crippen LogP contribution in [0.2, 0.25) is 0 Å². The van der Waals surface area contributed by atoms with E-state index < -0.39 is 0 Å². The van der Waals surface area contributed by atoms with E-state index in [0.717, 1.165) is 32.0 Å². The molecule has 1 aromatic carbocycles. The molecule has 2 aliphatic rings. The molecule has 1 saturated heterocycles. The molecule has 146 valence electrons. The second-order valence-corrected chi connectivity index (χ2v) is 6.68. The number of carbonyl (C=O) groups excluding carboxylic acids is 2. The Morgan fingerprint density at radius 2 is 1.86 bits per heavy atom. The number of benzene rings is 1. The average molecular weight is 383 g/mol. The van der Waals surface area contributed by atoms with Crippen LogP contribution in [0.1, 0.15) is 17.3 Å². The van der Waals surface area contributed by atoms with Crippen molar-refractivity contribution in [3.8, 4) is 11.5 Å². The summed E-state index contributed by atoms with van der Waals surface area (Å²) in [5, 5.41) is 2.84. The first kappa shape index (κ1) is 18.2. The van der Waals surface area contributed by atoms with Crippen LogP contribution in [0, 0.1) is 0 Å². The molecule has 0 spiro atoms. The van der Waals surface area contributed by atoms with Gasteiger partial charge in [-0.15, -0.1) is 0 Å². The van der Waals surface area contributed by atoms with E-state index in [0.29, 0.717) is 22.7 Å². The molecule has 0 saturated carbocycles. The Bertz CT molecular complexity index is 881. The van der Waals surface area contributed by atoms with E-state index in [-0.39, 0.29) is 25.0 Å². The zero-order valence-corrected chi connectivity index (χ0v) is 15.6. The van der Waals surface area contributed by atoms with Crippen LogP contribution in [-0.2, 0) is 4.79 Å². The average Bonchev–Trinajstić information content (AvgIpc) is 3.16. The molecule has 1 N–H and O–H groups in total. The molecular formula is C19H21N5O4. The molecule has 28 heavy (non-hydrogen) atoms. The van der Waals surface area contributed by atoms with Crippen LogP contribution in [0.3, 0.4) is 0 Å². The van der Waals surface area contributed by atoms with E-state index >= 15 is 0 Å². The van der Waals surface area contributed by atoms with Crippen LogP contribution in [-0.4, -0.2) is 66.1 Å². The minimum Gasteiger partial charge on any atom is -0.454 e. The summed E-state index contributed by atoms with van der Waals surface area (Å²) in [4.78, 5) is 37.1. The van der Waals surface area contributed by atoms with Gasteiger partial charge in [-0.3, -0.25) is 19.5 Å². The minimum atomic E-state index is -0.172. The Balaban J connectivity index is 1.36. The van der Waals surface area contributed by atoms with Crippen molar-refractivity contribution in [2.45, 2.75) is 6.92 Å². The van der Waals surface area contributed by atoms with Gasteiger partial charge < -0.3 is 19.7 Å². The molecule has 0 aliphatic carbocycles. The number of aromatic nitrogens is 2. The number of ketones is 1. The molecule has 1 fully saturated rings. The topological polar surface area (TPSA) is 96.9 Å². The largest absolute Gasteiger partial charge is 0.454 e. The van der Waals surface area contributed by atoms with Gasteiger partial charge in [-0.1, -0.05) is 0 Å². The molecular weight excluding hydrogens is 362 g/mol. The number of fused-ring (bicyclic) bond motifs is 1. The summed E-state index contributed by atoms with van der Waals surface area (Å²) in [6.07, 6.45) is 5.06. The fourth-order valence-corrected chi connectivity index (χ4v) is 3.32. The third kappa shape index (κ3) is 3.89. The molecule has 2 aromatic rings. The third-order valence-corrected chi connectivity index (χ3v) is 4.78. The quantitative estimate of drug-likeness (QED) is 0.769. The van der Waals surface area contributed by atoms with Gasteiger partial charge in [0.05, 0.1) is 18.4 Å². The van der Waals surface area contributed by atoms with Crippen LogP contribution >= 0.6 is 0 Å². The van der Waals surface area contributed by atoms with Crippen molar-refractivity contribution in [3.05, 3.63) is 36.3 Å². The highest BCUT2D eigenvalue weighted by atomic mass is 16.7. The van der Waals surface area contributed by atoms with Crippen LogP contribution < -0.4 is 19.7 Å². The third-order valence-electron chi connectivity index (χ3n) is 4.78. The standard InChI is InChI=1S/C19H21N5O4/c1-13(25)14-8-16-17(28-12-27-16)9-15(14)22-19(26)11-23-4-6-24(7-5-23)18-10-20-2-3-21-18/h2-3,8-10H,4-7,11-12H2,1H3,(H,22,26). The van der Waals surface area contributed by atoms with Crippen LogP contribution in [0.25, 0.3) is 0 Å². The van der Waals surface area contributed by atoms with Gasteiger partial charge in [0.2, 0.25) is 12.7 Å². The first-order chi connectivity index (χ1) is 13.6. The molecule has 3 heterocycles. The van der Waals surface area contributed by atoms with Gasteiger partial charge in [0.25, 0.3) is 0 Å². The van der Waals surface area contributed by atoms with Gasteiger partial charge in [-0.2, -0.15) is 0 Å². The summed E-state index contributed by atoms with van der Waals surface area (Å²) in [7, 11) is 0. The Labute approximate surface area is 162 Å². The molecule has 2 aliphatic heterocycles. The van der Waals surface area contributed by atoms with Crippen molar-refractivity contribution in [2.24, 2.45) is 0 Å².